The molecule has 51 heavy (non-hydrogen) atoms. The van der Waals surface area contributed by atoms with Gasteiger partial charge in [-0.2, -0.15) is 0 Å². The van der Waals surface area contributed by atoms with Crippen molar-refractivity contribution >= 4 is 21.8 Å². The third kappa shape index (κ3) is 3.84. The lowest BCUT2D eigenvalue weighted by Gasteiger charge is -2.39. The predicted octanol–water partition coefficient (Wildman–Crippen LogP) is 11.4. The second-order valence-corrected chi connectivity index (χ2v) is 13.3. The Balaban J connectivity index is 1.25. The van der Waals surface area contributed by atoms with Crippen molar-refractivity contribution in [2.75, 3.05) is 0 Å². The van der Waals surface area contributed by atoms with E-state index in [0.717, 1.165) is 66.9 Å². The van der Waals surface area contributed by atoms with Crippen molar-refractivity contribution in [1.29, 1.82) is 0 Å². The molecule has 238 valence electrons. The maximum Gasteiger partial charge on any atom is 0.235 e. The predicted molar refractivity (Wildman–Crippen MR) is 205 cm³/mol. The average Bonchev–Trinajstić information content (AvgIpc) is 3.70. The molecule has 0 N–H and O–H groups in total. The number of fused-ring (bicyclic) bond motifs is 13. The molecule has 0 unspecified atom stereocenters. The minimum absolute atomic E-state index is 0.543. The first-order valence-electron chi connectivity index (χ1n) is 17.3. The Morgan fingerprint density at radius 3 is 1.67 bits per heavy atom. The number of hydrogen-bond donors (Lipinski definition) is 0. The maximum atomic E-state index is 7.10. The zero-order valence-electron chi connectivity index (χ0n) is 27.5. The van der Waals surface area contributed by atoms with Crippen molar-refractivity contribution in [1.82, 2.24) is 14.5 Å². The molecular formula is C47H29N3O. The van der Waals surface area contributed by atoms with E-state index < -0.39 is 5.41 Å². The van der Waals surface area contributed by atoms with Gasteiger partial charge in [0, 0.05) is 27.6 Å². The number of aromatic nitrogens is 3. The Morgan fingerprint density at radius 1 is 0.451 bits per heavy atom. The molecular weight excluding hydrogens is 623 g/mol. The van der Waals surface area contributed by atoms with Crippen molar-refractivity contribution < 1.29 is 4.74 Å². The number of hydrogen-bond acceptors (Lipinski definition) is 3. The van der Waals surface area contributed by atoms with Gasteiger partial charge in [0.2, 0.25) is 5.95 Å². The largest absolute Gasteiger partial charge is 0.456 e. The minimum atomic E-state index is -0.543. The lowest BCUT2D eigenvalue weighted by atomic mass is 9.66. The smallest absolute Gasteiger partial charge is 0.235 e. The van der Waals surface area contributed by atoms with Gasteiger partial charge in [-0.3, -0.25) is 4.57 Å². The van der Waals surface area contributed by atoms with Crippen LogP contribution in [0.1, 0.15) is 22.3 Å². The van der Waals surface area contributed by atoms with E-state index >= 15 is 0 Å². The summed E-state index contributed by atoms with van der Waals surface area (Å²) in [5, 5.41) is 2.14. The molecule has 4 heteroatoms. The summed E-state index contributed by atoms with van der Waals surface area (Å²) in [4.78, 5) is 10.5. The monoisotopic (exact) mass is 651 g/mol. The van der Waals surface area contributed by atoms with Crippen LogP contribution in [0.5, 0.6) is 11.5 Å². The third-order valence-electron chi connectivity index (χ3n) is 10.7. The van der Waals surface area contributed by atoms with Crippen LogP contribution in [0.2, 0.25) is 0 Å². The molecule has 2 aromatic heterocycles. The summed E-state index contributed by atoms with van der Waals surface area (Å²) in [6.07, 6.45) is 0. The SMILES string of the molecule is c1ccc(-c2cc(-c3ccccc3)nc(-n3c4ccccc4c4c5c(ccc43)C3(c4ccccc4O5)c4ccccc4-c4ccccc43)n2)cc1. The summed E-state index contributed by atoms with van der Waals surface area (Å²) in [6.45, 7) is 0. The summed E-state index contributed by atoms with van der Waals surface area (Å²) < 4.78 is 9.30. The molecule has 0 atom stereocenters. The highest BCUT2D eigenvalue weighted by Crippen LogP contribution is 2.63. The average molecular weight is 652 g/mol. The lowest BCUT2D eigenvalue weighted by Crippen LogP contribution is -2.32. The Morgan fingerprint density at radius 2 is 1.00 bits per heavy atom. The molecule has 0 saturated heterocycles. The van der Waals surface area contributed by atoms with Crippen LogP contribution in [0.15, 0.2) is 176 Å². The topological polar surface area (TPSA) is 39.9 Å². The van der Waals surface area contributed by atoms with E-state index in [0.29, 0.717) is 5.95 Å². The van der Waals surface area contributed by atoms with E-state index in [2.05, 4.69) is 168 Å². The van der Waals surface area contributed by atoms with E-state index in [-0.39, 0.29) is 0 Å². The fraction of sp³-hybridized carbons (Fsp3) is 0.0213. The second kappa shape index (κ2) is 10.6. The molecule has 7 aromatic carbocycles. The Hall–Kier alpha value is -6.78. The summed E-state index contributed by atoms with van der Waals surface area (Å²) in [6, 6.07) is 62.1. The van der Waals surface area contributed by atoms with Crippen molar-refractivity contribution in [3.63, 3.8) is 0 Å². The Kier molecular flexibility index (Phi) is 5.84. The summed E-state index contributed by atoms with van der Waals surface area (Å²) >= 11 is 0. The number of nitrogens with zero attached hydrogens (tertiary/aromatic N) is 3. The van der Waals surface area contributed by atoms with Gasteiger partial charge in [-0.15, -0.1) is 0 Å². The highest BCUT2D eigenvalue weighted by atomic mass is 16.5. The van der Waals surface area contributed by atoms with Gasteiger partial charge >= 0.3 is 0 Å². The second-order valence-electron chi connectivity index (χ2n) is 13.3. The van der Waals surface area contributed by atoms with Crippen LogP contribution in [-0.2, 0) is 5.41 Å². The number of benzene rings is 7. The van der Waals surface area contributed by atoms with Gasteiger partial charge in [0.05, 0.1) is 33.2 Å². The fourth-order valence-corrected chi connectivity index (χ4v) is 8.63. The first-order valence-corrected chi connectivity index (χ1v) is 17.3. The summed E-state index contributed by atoms with van der Waals surface area (Å²) in [7, 11) is 0. The van der Waals surface area contributed by atoms with E-state index in [1.165, 1.54) is 22.3 Å². The zero-order valence-corrected chi connectivity index (χ0v) is 27.5. The number of ether oxygens (including phenoxy) is 1. The minimum Gasteiger partial charge on any atom is -0.456 e. The molecule has 0 radical (unpaired) electrons. The van der Waals surface area contributed by atoms with Gasteiger partial charge in [-0.1, -0.05) is 152 Å². The number of rotatable bonds is 3. The van der Waals surface area contributed by atoms with Crippen molar-refractivity contribution in [3.8, 4) is 51.1 Å². The summed E-state index contributed by atoms with van der Waals surface area (Å²) in [5.74, 6) is 2.36. The Labute approximate surface area is 294 Å². The molecule has 11 rings (SSSR count). The van der Waals surface area contributed by atoms with Gasteiger partial charge in [-0.25, -0.2) is 9.97 Å². The van der Waals surface area contributed by atoms with Crippen LogP contribution < -0.4 is 4.74 Å². The van der Waals surface area contributed by atoms with Crippen LogP contribution in [0.25, 0.3) is 61.4 Å². The molecule has 1 aliphatic heterocycles. The van der Waals surface area contributed by atoms with Gasteiger partial charge in [-0.05, 0) is 46.5 Å². The van der Waals surface area contributed by atoms with Gasteiger partial charge < -0.3 is 4.74 Å². The molecule has 3 heterocycles. The zero-order chi connectivity index (χ0) is 33.5. The van der Waals surface area contributed by atoms with E-state index in [4.69, 9.17) is 14.7 Å². The van der Waals surface area contributed by atoms with E-state index in [1.807, 2.05) is 12.1 Å². The van der Waals surface area contributed by atoms with Gasteiger partial charge in [0.25, 0.3) is 0 Å². The van der Waals surface area contributed by atoms with Gasteiger partial charge in [0.1, 0.15) is 11.5 Å². The van der Waals surface area contributed by atoms with E-state index in [1.54, 1.807) is 0 Å². The third-order valence-corrected chi connectivity index (χ3v) is 10.7. The maximum absolute atomic E-state index is 7.10. The van der Waals surface area contributed by atoms with Gasteiger partial charge in [0.15, 0.2) is 0 Å². The standard InChI is InChI=1S/C47H29N3O/c1-3-15-30(16-4-1)39-29-40(31-17-5-2-6-18-31)49-46(48-39)50-41-25-13-9-21-34(41)44-42(50)28-27-38-45(44)51-43-26-14-12-24-37(43)47(38)35-22-10-7-19-32(35)33-20-8-11-23-36(33)47/h1-29H. The number of para-hydroxylation sites is 2. The van der Waals surface area contributed by atoms with Crippen LogP contribution in [0.4, 0.5) is 0 Å². The quantitative estimate of drug-likeness (QED) is 0.191. The highest BCUT2D eigenvalue weighted by molar-refractivity contribution is 6.13. The highest BCUT2D eigenvalue weighted by Gasteiger charge is 2.51. The van der Waals surface area contributed by atoms with Crippen LogP contribution >= 0.6 is 0 Å². The van der Waals surface area contributed by atoms with E-state index in [9.17, 15) is 0 Å². The normalized spacial score (nSPS) is 13.4. The fourth-order valence-electron chi connectivity index (χ4n) is 8.63. The summed E-state index contributed by atoms with van der Waals surface area (Å²) in [5.41, 5.74) is 12.7. The van der Waals surface area contributed by atoms with Crippen molar-refractivity contribution in [3.05, 3.63) is 198 Å². The van der Waals surface area contributed by atoms with Crippen molar-refractivity contribution in [2.24, 2.45) is 0 Å². The molecule has 1 spiro atoms. The Bertz CT molecular complexity index is 2730. The molecule has 0 amide bonds. The first kappa shape index (κ1) is 28.1. The van der Waals surface area contributed by atoms with Crippen molar-refractivity contribution in [2.45, 2.75) is 5.41 Å². The lowest BCUT2D eigenvalue weighted by molar-refractivity contribution is 0.442. The van der Waals surface area contributed by atoms with Crippen LogP contribution in [0, 0.1) is 0 Å². The molecule has 4 nitrogen and oxygen atoms in total. The molecule has 0 fully saturated rings. The molecule has 2 aliphatic rings. The van der Waals surface area contributed by atoms with Crippen LogP contribution in [-0.4, -0.2) is 14.5 Å². The molecule has 0 saturated carbocycles. The molecule has 1 aliphatic carbocycles. The first-order chi connectivity index (χ1) is 25.3. The molecule has 9 aromatic rings. The van der Waals surface area contributed by atoms with Crippen LogP contribution in [0.3, 0.4) is 0 Å². The molecule has 0 bridgehead atoms.